The smallest absolute Gasteiger partial charge is 0.195 e. The third kappa shape index (κ3) is 2.04. The summed E-state index contributed by atoms with van der Waals surface area (Å²) in [5.41, 5.74) is 6.12. The predicted octanol–water partition coefficient (Wildman–Crippen LogP) is -1.78. The van der Waals surface area contributed by atoms with E-state index in [1.165, 1.54) is 17.8 Å². The maximum atomic E-state index is 11.8. The molecule has 1 fully saturated rings. The van der Waals surface area contributed by atoms with Crippen molar-refractivity contribution >= 4 is 22.8 Å². The molecule has 0 radical (unpaired) electrons. The fraction of sp³-hybridized carbons (Fsp3) is 0.500. The molecular weight excluding hydrogens is 294 g/mol. The van der Waals surface area contributed by atoms with Gasteiger partial charge in [0.15, 0.2) is 34.8 Å². The molecule has 2 aromatic rings. The Morgan fingerprint density at radius 1 is 1.41 bits per heavy atom. The maximum absolute atomic E-state index is 11.8. The highest BCUT2D eigenvalue weighted by Gasteiger charge is 2.45. The lowest BCUT2D eigenvalue weighted by Crippen LogP contribution is -2.33. The van der Waals surface area contributed by atoms with Crippen molar-refractivity contribution in [2.75, 3.05) is 12.3 Å². The summed E-state index contributed by atoms with van der Waals surface area (Å²) in [6.45, 7) is 0.816. The van der Waals surface area contributed by atoms with Crippen LogP contribution in [-0.4, -0.2) is 65.5 Å². The number of carbonyl (C=O) groups excluding carboxylic acids is 1. The average Bonchev–Trinajstić information content (AvgIpc) is 3.00. The normalized spacial score (nSPS) is 28.4. The van der Waals surface area contributed by atoms with Crippen LogP contribution in [0.4, 0.5) is 5.82 Å². The van der Waals surface area contributed by atoms with Gasteiger partial charge in [0.1, 0.15) is 24.6 Å². The first kappa shape index (κ1) is 14.8. The van der Waals surface area contributed by atoms with Crippen LogP contribution in [0.3, 0.4) is 0 Å². The summed E-state index contributed by atoms with van der Waals surface area (Å²) >= 11 is 0. The number of fused-ring (bicyclic) bond motifs is 1. The molecule has 22 heavy (non-hydrogen) atoms. The predicted molar refractivity (Wildman–Crippen MR) is 72.7 cm³/mol. The molecule has 2 aromatic heterocycles. The summed E-state index contributed by atoms with van der Waals surface area (Å²) in [5, 5.41) is 29.2. The van der Waals surface area contributed by atoms with E-state index in [-0.39, 0.29) is 22.8 Å². The zero-order valence-electron chi connectivity index (χ0n) is 11.6. The first-order chi connectivity index (χ1) is 10.5. The van der Waals surface area contributed by atoms with Crippen LogP contribution in [0, 0.1) is 0 Å². The van der Waals surface area contributed by atoms with Crippen LogP contribution in [0.5, 0.6) is 0 Å². The number of imidazole rings is 1. The van der Waals surface area contributed by atoms with Crippen LogP contribution < -0.4 is 5.73 Å². The number of aliphatic hydroxyl groups excluding tert-OH is 3. The molecule has 4 atom stereocenters. The number of Topliss-reactive ketones (excluding diaryl/α,β-unsaturated/α-hetero) is 1. The van der Waals surface area contributed by atoms with Gasteiger partial charge in [-0.2, -0.15) is 0 Å². The zero-order chi connectivity index (χ0) is 16.0. The Morgan fingerprint density at radius 2 is 2.14 bits per heavy atom. The molecule has 3 rings (SSSR count). The van der Waals surface area contributed by atoms with Crippen LogP contribution >= 0.6 is 0 Å². The number of nitrogen functional groups attached to an aromatic ring is 1. The van der Waals surface area contributed by atoms with Crippen molar-refractivity contribution in [1.29, 1.82) is 0 Å². The molecule has 1 aliphatic rings. The second-order valence-electron chi connectivity index (χ2n) is 5.02. The first-order valence-corrected chi connectivity index (χ1v) is 6.57. The maximum Gasteiger partial charge on any atom is 0.195 e. The minimum absolute atomic E-state index is 0.0305. The summed E-state index contributed by atoms with van der Waals surface area (Å²) in [4.78, 5) is 23.7. The van der Waals surface area contributed by atoms with Crippen LogP contribution in [0.15, 0.2) is 6.33 Å². The van der Waals surface area contributed by atoms with Crippen LogP contribution in [0.2, 0.25) is 0 Å². The Bertz CT molecular complexity index is 732. The minimum Gasteiger partial charge on any atom is -0.394 e. The number of hydrogen-bond donors (Lipinski definition) is 4. The molecule has 5 N–H and O–H groups in total. The lowest BCUT2D eigenvalue weighted by atomic mass is 10.1. The standard InChI is InChI=1S/C12H15N5O5/c1-4(19)10-16-6-9(13)14-3-15-11(6)17(10)12-8(21)7(20)5(2-18)22-12/h3,5,7-8,12,18,20-21H,2H2,1H3,(H2,13,14,15)/t5?,7-,8?,12+/m0/s1. The molecule has 10 nitrogen and oxygen atoms in total. The Hall–Kier alpha value is -2.14. The van der Waals surface area contributed by atoms with E-state index in [1.54, 1.807) is 0 Å². The fourth-order valence-corrected chi connectivity index (χ4v) is 2.51. The van der Waals surface area contributed by atoms with Gasteiger partial charge in [-0.15, -0.1) is 0 Å². The molecule has 0 amide bonds. The van der Waals surface area contributed by atoms with E-state index in [4.69, 9.17) is 10.5 Å². The van der Waals surface area contributed by atoms with Crippen molar-refractivity contribution in [3.63, 3.8) is 0 Å². The van der Waals surface area contributed by atoms with E-state index in [0.29, 0.717) is 0 Å². The molecule has 118 valence electrons. The molecule has 0 spiro atoms. The van der Waals surface area contributed by atoms with Gasteiger partial charge in [-0.1, -0.05) is 0 Å². The van der Waals surface area contributed by atoms with E-state index in [9.17, 15) is 20.1 Å². The number of anilines is 1. The van der Waals surface area contributed by atoms with Gasteiger partial charge in [0.25, 0.3) is 0 Å². The quantitative estimate of drug-likeness (QED) is 0.481. The first-order valence-electron chi connectivity index (χ1n) is 6.57. The Labute approximate surface area is 124 Å². The molecule has 10 heteroatoms. The number of aromatic nitrogens is 4. The molecule has 0 bridgehead atoms. The minimum atomic E-state index is -1.36. The summed E-state index contributed by atoms with van der Waals surface area (Å²) in [7, 11) is 0. The van der Waals surface area contributed by atoms with Gasteiger partial charge < -0.3 is 25.8 Å². The SMILES string of the molecule is CC(=O)c1nc2c(N)ncnc2n1[C@@H]1OC(CO)[C@H](O)C1O. The zero-order valence-corrected chi connectivity index (χ0v) is 11.6. The van der Waals surface area contributed by atoms with E-state index < -0.39 is 36.9 Å². The molecule has 0 aliphatic carbocycles. The number of hydrogen-bond acceptors (Lipinski definition) is 9. The highest BCUT2D eigenvalue weighted by atomic mass is 16.6. The van der Waals surface area contributed by atoms with E-state index in [1.807, 2.05) is 0 Å². The van der Waals surface area contributed by atoms with Gasteiger partial charge >= 0.3 is 0 Å². The average molecular weight is 309 g/mol. The number of aliphatic hydroxyl groups is 3. The van der Waals surface area contributed by atoms with E-state index in [2.05, 4.69) is 15.0 Å². The number of carbonyl (C=O) groups is 1. The van der Waals surface area contributed by atoms with E-state index >= 15 is 0 Å². The number of rotatable bonds is 3. The largest absolute Gasteiger partial charge is 0.394 e. The molecular formula is C12H15N5O5. The summed E-state index contributed by atoms with van der Waals surface area (Å²) in [5.74, 6) is -0.342. The third-order valence-electron chi connectivity index (χ3n) is 3.59. The summed E-state index contributed by atoms with van der Waals surface area (Å²) in [6, 6.07) is 0. The highest BCUT2D eigenvalue weighted by Crippen LogP contribution is 2.33. The van der Waals surface area contributed by atoms with Gasteiger partial charge in [0.2, 0.25) is 0 Å². The third-order valence-corrected chi connectivity index (χ3v) is 3.59. The van der Waals surface area contributed by atoms with Crippen molar-refractivity contribution in [2.24, 2.45) is 0 Å². The second kappa shape index (κ2) is 5.25. The summed E-state index contributed by atoms with van der Waals surface area (Å²) in [6.07, 6.45) is -3.56. The lowest BCUT2D eigenvalue weighted by Gasteiger charge is -2.18. The Morgan fingerprint density at radius 3 is 2.73 bits per heavy atom. The van der Waals surface area contributed by atoms with Gasteiger partial charge in [-0.25, -0.2) is 15.0 Å². The Kier molecular flexibility index (Phi) is 3.53. The number of ketones is 1. The van der Waals surface area contributed by atoms with E-state index in [0.717, 1.165) is 0 Å². The second-order valence-corrected chi connectivity index (χ2v) is 5.02. The lowest BCUT2D eigenvalue weighted by molar-refractivity contribution is -0.0517. The van der Waals surface area contributed by atoms with Crippen LogP contribution in [-0.2, 0) is 4.74 Å². The Balaban J connectivity index is 2.19. The number of nitrogens with two attached hydrogens (primary N) is 1. The molecule has 1 aliphatic heterocycles. The molecule has 2 unspecified atom stereocenters. The summed E-state index contributed by atoms with van der Waals surface area (Å²) < 4.78 is 6.70. The fourth-order valence-electron chi connectivity index (χ4n) is 2.51. The van der Waals surface area contributed by atoms with Crippen molar-refractivity contribution in [3.8, 4) is 0 Å². The van der Waals surface area contributed by atoms with Gasteiger partial charge in [-0.05, 0) is 0 Å². The monoisotopic (exact) mass is 309 g/mol. The number of nitrogens with zero attached hydrogens (tertiary/aromatic N) is 4. The van der Waals surface area contributed by atoms with Crippen LogP contribution in [0.25, 0.3) is 11.2 Å². The van der Waals surface area contributed by atoms with Crippen molar-refractivity contribution in [3.05, 3.63) is 12.2 Å². The van der Waals surface area contributed by atoms with Crippen molar-refractivity contribution in [1.82, 2.24) is 19.5 Å². The van der Waals surface area contributed by atoms with Crippen molar-refractivity contribution in [2.45, 2.75) is 31.5 Å². The molecule has 3 heterocycles. The van der Waals surface area contributed by atoms with Crippen molar-refractivity contribution < 1.29 is 24.9 Å². The molecule has 1 saturated heterocycles. The topological polar surface area (TPSA) is 157 Å². The highest BCUT2D eigenvalue weighted by molar-refractivity contribution is 5.95. The van der Waals surface area contributed by atoms with Gasteiger partial charge in [0.05, 0.1) is 6.61 Å². The van der Waals surface area contributed by atoms with Gasteiger partial charge in [-0.3, -0.25) is 9.36 Å². The molecule has 0 saturated carbocycles. The number of ether oxygens (including phenoxy) is 1. The molecule has 0 aromatic carbocycles. The van der Waals surface area contributed by atoms with Gasteiger partial charge in [0, 0.05) is 6.92 Å². The van der Waals surface area contributed by atoms with Crippen LogP contribution in [0.1, 0.15) is 23.8 Å².